The van der Waals surface area contributed by atoms with Crippen LogP contribution in [0.2, 0.25) is 0 Å². The zero-order valence-corrected chi connectivity index (χ0v) is 22.5. The van der Waals surface area contributed by atoms with Crippen LogP contribution in [0.25, 0.3) is 0 Å². The summed E-state index contributed by atoms with van der Waals surface area (Å²) in [5.74, 6) is 0.484. The first-order valence-electron chi connectivity index (χ1n) is 11.3. The van der Waals surface area contributed by atoms with Crippen LogP contribution in [0.4, 0.5) is 0 Å². The van der Waals surface area contributed by atoms with Crippen molar-refractivity contribution in [1.82, 2.24) is 9.29 Å². The van der Waals surface area contributed by atoms with Crippen molar-refractivity contribution in [3.8, 4) is 0 Å². The van der Waals surface area contributed by atoms with E-state index < -0.39 is 10.0 Å². The van der Waals surface area contributed by atoms with Crippen LogP contribution in [0, 0.1) is 12.8 Å². The molecule has 2 aromatic carbocycles. The molecule has 0 spiro atoms. The Labute approximate surface area is 212 Å². The molecule has 3 aromatic rings. The molecular weight excluding hydrogens is 564 g/mol. The molecule has 2 heterocycles. The number of hydrogen-bond acceptors (Lipinski definition) is 3. The second kappa shape index (κ2) is 9.25. The topological polar surface area (TPSA) is 50.3 Å². The summed E-state index contributed by atoms with van der Waals surface area (Å²) in [6.45, 7) is 3.20. The van der Waals surface area contributed by atoms with E-state index in [0.717, 1.165) is 40.3 Å². The fraction of sp³-hybridized carbons (Fsp3) is 0.346. The molecule has 7 heteroatoms. The summed E-state index contributed by atoms with van der Waals surface area (Å²) in [6.07, 6.45) is 5.47. The number of sulfonamides is 1. The lowest BCUT2D eigenvalue weighted by molar-refractivity contribution is 0.254. The van der Waals surface area contributed by atoms with Crippen LogP contribution >= 0.6 is 31.9 Å². The first kappa shape index (κ1) is 23.2. The van der Waals surface area contributed by atoms with Crippen molar-refractivity contribution in [2.75, 3.05) is 13.1 Å². The molecule has 4 nitrogen and oxygen atoms in total. The highest BCUT2D eigenvalue weighted by molar-refractivity contribution is 9.10. The highest BCUT2D eigenvalue weighted by Gasteiger charge is 2.37. The number of hydrogen-bond donors (Lipinski definition) is 0. The Morgan fingerprint density at radius 1 is 0.970 bits per heavy atom. The summed E-state index contributed by atoms with van der Waals surface area (Å²) in [6, 6.07) is 15.5. The quantitative estimate of drug-likeness (QED) is 0.363. The summed E-state index contributed by atoms with van der Waals surface area (Å²) in [4.78, 5) is 5.29. The maximum Gasteiger partial charge on any atom is 0.243 e. The first-order chi connectivity index (χ1) is 15.8. The number of halogens is 2. The van der Waals surface area contributed by atoms with Gasteiger partial charge < -0.3 is 0 Å². The van der Waals surface area contributed by atoms with Crippen molar-refractivity contribution in [3.05, 3.63) is 91.6 Å². The molecule has 0 radical (unpaired) electrons. The Morgan fingerprint density at radius 2 is 1.67 bits per heavy atom. The van der Waals surface area contributed by atoms with Crippen LogP contribution in [0.15, 0.2) is 68.6 Å². The largest absolute Gasteiger partial charge is 0.259 e. The number of piperidine rings is 1. The lowest BCUT2D eigenvalue weighted by Gasteiger charge is -2.36. The molecule has 1 aromatic heterocycles. The Hall–Kier alpha value is -1.54. The summed E-state index contributed by atoms with van der Waals surface area (Å²) in [5.41, 5.74) is 6.39. The van der Waals surface area contributed by atoms with Gasteiger partial charge in [0.25, 0.3) is 0 Å². The van der Waals surface area contributed by atoms with Crippen molar-refractivity contribution in [2.45, 2.75) is 43.4 Å². The summed E-state index contributed by atoms with van der Waals surface area (Å²) in [7, 11) is -3.46. The minimum Gasteiger partial charge on any atom is -0.259 e. The molecule has 0 amide bonds. The van der Waals surface area contributed by atoms with Crippen LogP contribution in [0.1, 0.15) is 46.7 Å². The van der Waals surface area contributed by atoms with Crippen molar-refractivity contribution in [1.29, 1.82) is 0 Å². The lowest BCUT2D eigenvalue weighted by atomic mass is 9.76. The van der Waals surface area contributed by atoms with Gasteiger partial charge in [0.05, 0.1) is 10.6 Å². The SMILES string of the molecule is Cc1cc(Br)c2c(c1)CCc1cc(Br)cnc1[C@@H]2C1CCN(S(=O)(=O)c2ccccc2)CC1. The van der Waals surface area contributed by atoms with E-state index in [9.17, 15) is 8.42 Å². The summed E-state index contributed by atoms with van der Waals surface area (Å²) >= 11 is 7.47. The maximum absolute atomic E-state index is 13.2. The van der Waals surface area contributed by atoms with Gasteiger partial charge in [-0.2, -0.15) is 4.31 Å². The molecule has 2 aliphatic rings. The van der Waals surface area contributed by atoms with Crippen LogP contribution in [0.3, 0.4) is 0 Å². The smallest absolute Gasteiger partial charge is 0.243 e. The number of rotatable bonds is 3. The third-order valence-corrected chi connectivity index (χ3v) is 9.95. The predicted molar refractivity (Wildman–Crippen MR) is 138 cm³/mol. The van der Waals surface area contributed by atoms with E-state index in [4.69, 9.17) is 4.98 Å². The number of pyridine rings is 1. The number of aryl methyl sites for hydroxylation is 3. The van der Waals surface area contributed by atoms with Crippen molar-refractivity contribution in [2.24, 2.45) is 5.92 Å². The van der Waals surface area contributed by atoms with Gasteiger partial charge in [-0.1, -0.05) is 40.2 Å². The number of benzene rings is 2. The first-order valence-corrected chi connectivity index (χ1v) is 14.4. The van der Waals surface area contributed by atoms with Gasteiger partial charge in [-0.3, -0.25) is 4.98 Å². The van der Waals surface area contributed by atoms with E-state index in [2.05, 4.69) is 57.0 Å². The molecule has 33 heavy (non-hydrogen) atoms. The summed E-state index contributed by atoms with van der Waals surface area (Å²) in [5, 5.41) is 0. The van der Waals surface area contributed by atoms with Gasteiger partial charge in [-0.05, 0) is 101 Å². The van der Waals surface area contributed by atoms with Gasteiger partial charge in [0, 0.05) is 34.1 Å². The highest BCUT2D eigenvalue weighted by Crippen LogP contribution is 2.46. The van der Waals surface area contributed by atoms with E-state index in [-0.39, 0.29) is 5.92 Å². The van der Waals surface area contributed by atoms with E-state index in [1.807, 2.05) is 12.3 Å². The zero-order chi connectivity index (χ0) is 23.2. The zero-order valence-electron chi connectivity index (χ0n) is 18.5. The monoisotopic (exact) mass is 588 g/mol. The molecule has 5 rings (SSSR count). The van der Waals surface area contributed by atoms with Gasteiger partial charge in [-0.15, -0.1) is 0 Å². The lowest BCUT2D eigenvalue weighted by Crippen LogP contribution is -2.40. The summed E-state index contributed by atoms with van der Waals surface area (Å²) < 4.78 is 30.1. The molecule has 1 atom stereocenters. The van der Waals surface area contributed by atoms with E-state index in [1.165, 1.54) is 22.3 Å². The molecule has 1 saturated heterocycles. The molecule has 0 bridgehead atoms. The van der Waals surface area contributed by atoms with Crippen LogP contribution in [-0.2, 0) is 22.9 Å². The van der Waals surface area contributed by atoms with Crippen molar-refractivity contribution in [3.63, 3.8) is 0 Å². The molecular formula is C26H26Br2N2O2S. The molecule has 0 N–H and O–H groups in total. The Kier molecular flexibility index (Phi) is 6.51. The van der Waals surface area contributed by atoms with Crippen LogP contribution < -0.4 is 0 Å². The standard InChI is InChI=1S/C26H26Br2N2O2S/c1-17-13-19-7-8-20-15-21(27)16-29-26(20)25(24(19)23(28)14-17)18-9-11-30(12-10-18)33(31,32)22-5-3-2-4-6-22/h2-6,13-16,18,25H,7-12H2,1H3/t25-/m1/s1. The fourth-order valence-corrected chi connectivity index (χ4v) is 8.14. The third kappa shape index (κ3) is 4.45. The van der Waals surface area contributed by atoms with Crippen LogP contribution in [-0.4, -0.2) is 30.8 Å². The average Bonchev–Trinajstić information content (AvgIpc) is 2.96. The van der Waals surface area contributed by atoms with Crippen molar-refractivity contribution >= 4 is 41.9 Å². The third-order valence-electron chi connectivity index (χ3n) is 6.95. The molecule has 1 aliphatic heterocycles. The Balaban J connectivity index is 1.50. The van der Waals surface area contributed by atoms with Crippen LogP contribution in [0.5, 0.6) is 0 Å². The Bertz CT molecular complexity index is 1290. The van der Waals surface area contributed by atoms with E-state index in [0.29, 0.717) is 23.9 Å². The molecule has 1 fully saturated rings. The van der Waals surface area contributed by atoms with Gasteiger partial charge in [-0.25, -0.2) is 8.42 Å². The van der Waals surface area contributed by atoms with Gasteiger partial charge in [0.1, 0.15) is 0 Å². The maximum atomic E-state index is 13.2. The molecule has 0 saturated carbocycles. The van der Waals surface area contributed by atoms with Crippen molar-refractivity contribution < 1.29 is 8.42 Å². The number of aromatic nitrogens is 1. The minimum absolute atomic E-state index is 0.155. The Morgan fingerprint density at radius 3 is 2.39 bits per heavy atom. The predicted octanol–water partition coefficient (Wildman–Crippen LogP) is 6.25. The van der Waals surface area contributed by atoms with Gasteiger partial charge in [0.2, 0.25) is 10.0 Å². The second-order valence-corrected chi connectivity index (χ2v) is 12.8. The molecule has 172 valence electrons. The van der Waals surface area contributed by atoms with Gasteiger partial charge >= 0.3 is 0 Å². The average molecular weight is 590 g/mol. The van der Waals surface area contributed by atoms with E-state index >= 15 is 0 Å². The molecule has 0 unspecified atom stereocenters. The second-order valence-electron chi connectivity index (χ2n) is 9.05. The molecule has 1 aliphatic carbocycles. The number of fused-ring (bicyclic) bond motifs is 2. The highest BCUT2D eigenvalue weighted by atomic mass is 79.9. The normalized spacial score (nSPS) is 19.5. The van der Waals surface area contributed by atoms with E-state index in [1.54, 1.807) is 28.6 Å². The van der Waals surface area contributed by atoms with Gasteiger partial charge in [0.15, 0.2) is 0 Å². The fourth-order valence-electron chi connectivity index (χ4n) is 5.41. The number of nitrogens with zero attached hydrogens (tertiary/aromatic N) is 2. The minimum atomic E-state index is -3.46.